The molecule has 1 atom stereocenters. The van der Waals surface area contributed by atoms with Gasteiger partial charge in [0.1, 0.15) is 17.0 Å². The number of amides is 1. The fraction of sp³-hybridized carbons (Fsp3) is 0.138. The Bertz CT molecular complexity index is 1770. The SMILES string of the molecule is COc1ccc(C2=NN(C(=O)CSc3nc4c(cnn4-c4ccccc4)c(=O)[nH]3)[C@@H](c3ccc(F)cc3)C2)cc1. The van der Waals surface area contributed by atoms with Gasteiger partial charge in [0, 0.05) is 6.42 Å². The summed E-state index contributed by atoms with van der Waals surface area (Å²) in [6.45, 7) is 0. The molecule has 0 radical (unpaired) electrons. The second-order valence-corrected chi connectivity index (χ2v) is 10.0. The Morgan fingerprint density at radius 2 is 1.82 bits per heavy atom. The predicted molar refractivity (Wildman–Crippen MR) is 150 cm³/mol. The highest BCUT2D eigenvalue weighted by molar-refractivity contribution is 7.99. The zero-order valence-corrected chi connectivity index (χ0v) is 22.1. The number of halogens is 1. The molecule has 11 heteroatoms. The predicted octanol–water partition coefficient (Wildman–Crippen LogP) is 4.73. The van der Waals surface area contributed by atoms with Crippen molar-refractivity contribution in [3.8, 4) is 11.4 Å². The number of fused-ring (bicyclic) bond motifs is 1. The van der Waals surface area contributed by atoms with Crippen LogP contribution < -0.4 is 10.3 Å². The van der Waals surface area contributed by atoms with Crippen LogP contribution in [0.2, 0.25) is 0 Å². The summed E-state index contributed by atoms with van der Waals surface area (Å²) < 4.78 is 20.5. The first-order valence-corrected chi connectivity index (χ1v) is 13.4. The van der Waals surface area contributed by atoms with Crippen LogP contribution in [0.3, 0.4) is 0 Å². The minimum Gasteiger partial charge on any atom is -0.497 e. The smallest absolute Gasteiger partial charge is 0.262 e. The molecule has 0 fully saturated rings. The summed E-state index contributed by atoms with van der Waals surface area (Å²) >= 11 is 1.11. The van der Waals surface area contributed by atoms with E-state index in [1.807, 2.05) is 54.6 Å². The monoisotopic (exact) mass is 554 g/mol. The summed E-state index contributed by atoms with van der Waals surface area (Å²) in [5.74, 6) is 0.0630. The molecule has 3 aromatic carbocycles. The lowest BCUT2D eigenvalue weighted by atomic mass is 9.98. The molecule has 6 rings (SSSR count). The molecule has 1 N–H and O–H groups in total. The average molecular weight is 555 g/mol. The number of benzene rings is 3. The maximum absolute atomic E-state index is 13.6. The third kappa shape index (κ3) is 4.98. The molecule has 1 aliphatic heterocycles. The van der Waals surface area contributed by atoms with Crippen molar-refractivity contribution in [2.45, 2.75) is 17.6 Å². The number of nitrogens with zero attached hydrogens (tertiary/aromatic N) is 5. The number of H-pyrrole nitrogens is 1. The summed E-state index contributed by atoms with van der Waals surface area (Å²) in [6.07, 6.45) is 1.94. The highest BCUT2D eigenvalue weighted by Gasteiger charge is 2.33. The lowest BCUT2D eigenvalue weighted by molar-refractivity contribution is -0.130. The molecule has 1 aliphatic rings. The number of hydrazone groups is 1. The summed E-state index contributed by atoms with van der Waals surface area (Å²) in [5.41, 5.74) is 3.19. The van der Waals surface area contributed by atoms with Gasteiger partial charge in [-0.15, -0.1) is 0 Å². The van der Waals surface area contributed by atoms with E-state index in [0.29, 0.717) is 28.4 Å². The number of methoxy groups -OCH3 is 1. The number of carbonyl (C=O) groups is 1. The van der Waals surface area contributed by atoms with E-state index in [9.17, 15) is 14.0 Å². The number of rotatable bonds is 7. The Morgan fingerprint density at radius 3 is 2.55 bits per heavy atom. The van der Waals surface area contributed by atoms with Crippen LogP contribution >= 0.6 is 11.8 Å². The normalized spacial score (nSPS) is 14.9. The molecule has 0 unspecified atom stereocenters. The second kappa shape index (κ2) is 10.8. The maximum Gasteiger partial charge on any atom is 0.262 e. The summed E-state index contributed by atoms with van der Waals surface area (Å²) in [7, 11) is 1.60. The molecule has 0 spiro atoms. The van der Waals surface area contributed by atoms with Gasteiger partial charge < -0.3 is 9.72 Å². The molecular weight excluding hydrogens is 531 g/mol. The first-order chi connectivity index (χ1) is 19.5. The zero-order valence-electron chi connectivity index (χ0n) is 21.3. The molecule has 0 saturated carbocycles. The van der Waals surface area contributed by atoms with Gasteiger partial charge in [-0.05, 0) is 59.7 Å². The molecule has 200 valence electrons. The van der Waals surface area contributed by atoms with Crippen LogP contribution in [-0.2, 0) is 4.79 Å². The largest absolute Gasteiger partial charge is 0.497 e. The summed E-state index contributed by atoms with van der Waals surface area (Å²) in [6, 6.07) is 22.5. The van der Waals surface area contributed by atoms with E-state index >= 15 is 0 Å². The van der Waals surface area contributed by atoms with Crippen LogP contribution in [0.5, 0.6) is 5.75 Å². The zero-order chi connectivity index (χ0) is 27.6. The molecule has 0 saturated heterocycles. The van der Waals surface area contributed by atoms with Crippen LogP contribution in [0.1, 0.15) is 23.6 Å². The van der Waals surface area contributed by atoms with Gasteiger partial charge in [0.25, 0.3) is 11.5 Å². The Balaban J connectivity index is 1.27. The molecule has 40 heavy (non-hydrogen) atoms. The molecule has 1 amide bonds. The van der Waals surface area contributed by atoms with E-state index in [0.717, 1.165) is 34.3 Å². The first kappa shape index (κ1) is 25.5. The number of aromatic amines is 1. The Labute approximate surface area is 232 Å². The fourth-order valence-corrected chi connectivity index (χ4v) is 5.27. The number of nitrogens with one attached hydrogen (secondary N) is 1. The van der Waals surface area contributed by atoms with Crippen molar-refractivity contribution in [1.29, 1.82) is 0 Å². The topological polar surface area (TPSA) is 105 Å². The minimum atomic E-state index is -0.403. The van der Waals surface area contributed by atoms with E-state index in [4.69, 9.17) is 4.74 Å². The Morgan fingerprint density at radius 1 is 1.07 bits per heavy atom. The van der Waals surface area contributed by atoms with Crippen LogP contribution in [0.15, 0.2) is 100 Å². The number of aromatic nitrogens is 4. The number of hydrogen-bond acceptors (Lipinski definition) is 7. The van der Waals surface area contributed by atoms with Gasteiger partial charge in [0.2, 0.25) is 0 Å². The number of ether oxygens (including phenoxy) is 1. The van der Waals surface area contributed by atoms with Crippen molar-refractivity contribution in [3.63, 3.8) is 0 Å². The Hall–Kier alpha value is -4.77. The van der Waals surface area contributed by atoms with Crippen LogP contribution in [0.4, 0.5) is 4.39 Å². The van der Waals surface area contributed by atoms with Crippen LogP contribution in [-0.4, -0.2) is 49.2 Å². The van der Waals surface area contributed by atoms with Gasteiger partial charge in [-0.3, -0.25) is 9.59 Å². The Kier molecular flexibility index (Phi) is 6.87. The van der Waals surface area contributed by atoms with Crippen molar-refractivity contribution in [2.75, 3.05) is 12.9 Å². The highest BCUT2D eigenvalue weighted by Crippen LogP contribution is 2.34. The lowest BCUT2D eigenvalue weighted by Crippen LogP contribution is -2.28. The van der Waals surface area contributed by atoms with Gasteiger partial charge >= 0.3 is 0 Å². The quantitative estimate of drug-likeness (QED) is 0.230. The van der Waals surface area contributed by atoms with E-state index < -0.39 is 6.04 Å². The molecule has 5 aromatic rings. The van der Waals surface area contributed by atoms with Crippen LogP contribution in [0, 0.1) is 5.82 Å². The molecule has 3 heterocycles. The first-order valence-electron chi connectivity index (χ1n) is 12.5. The maximum atomic E-state index is 13.6. The number of thioether (sulfide) groups is 1. The van der Waals surface area contributed by atoms with Gasteiger partial charge in [0.05, 0.1) is 36.5 Å². The fourth-order valence-electron chi connectivity index (χ4n) is 4.56. The van der Waals surface area contributed by atoms with Gasteiger partial charge in [-0.1, -0.05) is 42.1 Å². The highest BCUT2D eigenvalue weighted by atomic mass is 32.2. The van der Waals surface area contributed by atoms with Crippen molar-refractivity contribution in [1.82, 2.24) is 24.8 Å². The molecule has 9 nitrogen and oxygen atoms in total. The molecule has 2 aromatic heterocycles. The molecule has 0 bridgehead atoms. The van der Waals surface area contributed by atoms with Crippen molar-refractivity contribution >= 4 is 34.4 Å². The van der Waals surface area contributed by atoms with E-state index in [2.05, 4.69) is 20.2 Å². The molecular formula is C29H23FN6O3S. The summed E-state index contributed by atoms with van der Waals surface area (Å²) in [4.78, 5) is 33.6. The lowest BCUT2D eigenvalue weighted by Gasteiger charge is -2.22. The van der Waals surface area contributed by atoms with Crippen LogP contribution in [0.25, 0.3) is 16.7 Å². The van der Waals surface area contributed by atoms with Crippen molar-refractivity contribution < 1.29 is 13.9 Å². The van der Waals surface area contributed by atoms with Crippen molar-refractivity contribution in [3.05, 3.63) is 112 Å². The minimum absolute atomic E-state index is 0.0228. The number of hydrogen-bond donors (Lipinski definition) is 1. The summed E-state index contributed by atoms with van der Waals surface area (Å²) in [5, 5.41) is 11.1. The third-order valence-corrected chi connectivity index (χ3v) is 7.45. The molecule has 0 aliphatic carbocycles. The van der Waals surface area contributed by atoms with E-state index in [1.165, 1.54) is 23.3 Å². The van der Waals surface area contributed by atoms with Gasteiger partial charge in [-0.2, -0.15) is 10.2 Å². The van der Waals surface area contributed by atoms with E-state index in [1.54, 1.807) is 23.9 Å². The number of para-hydroxylation sites is 1. The van der Waals surface area contributed by atoms with Crippen molar-refractivity contribution in [2.24, 2.45) is 5.10 Å². The standard InChI is InChI=1S/C29H23FN6O3S/c1-39-22-13-9-18(10-14-22)24-15-25(19-7-11-20(30)12-8-19)36(34-24)26(37)17-40-29-32-27-23(28(38)33-29)16-31-35(27)21-5-3-2-4-6-21/h2-14,16,25H,15,17H2,1H3,(H,32,33,38)/t25-/m1/s1. The number of carbonyl (C=O) groups excluding carboxylic acids is 1. The third-order valence-electron chi connectivity index (χ3n) is 6.59. The van der Waals surface area contributed by atoms with E-state index in [-0.39, 0.29) is 23.0 Å². The van der Waals surface area contributed by atoms with Gasteiger partial charge in [0.15, 0.2) is 10.8 Å². The average Bonchev–Trinajstić information content (AvgIpc) is 3.63. The van der Waals surface area contributed by atoms with Gasteiger partial charge in [-0.25, -0.2) is 19.1 Å². The second-order valence-electron chi connectivity index (χ2n) is 9.07.